The van der Waals surface area contributed by atoms with E-state index in [-0.39, 0.29) is 25.4 Å². The molecule has 0 spiro atoms. The first kappa shape index (κ1) is 24.5. The summed E-state index contributed by atoms with van der Waals surface area (Å²) in [6, 6.07) is 10.8. The van der Waals surface area contributed by atoms with Gasteiger partial charge in [0, 0.05) is 19.6 Å². The van der Waals surface area contributed by atoms with Gasteiger partial charge >= 0.3 is 12.2 Å². The van der Waals surface area contributed by atoms with Crippen LogP contribution in [-0.2, 0) is 16.2 Å². The Bertz CT molecular complexity index is 983. The van der Waals surface area contributed by atoms with Crippen LogP contribution in [0.15, 0.2) is 48.5 Å². The first-order valence-corrected chi connectivity index (χ1v) is 11.3. The third-order valence-electron chi connectivity index (χ3n) is 4.22. The number of para-hydroxylation sites is 1. The average Bonchev–Trinajstić information content (AvgIpc) is 2.68. The molecular formula is C20H24F3N3O4S. The largest absolute Gasteiger partial charge is 0.457 e. The first-order chi connectivity index (χ1) is 14.5. The Kier molecular flexibility index (Phi) is 8.28. The molecule has 0 saturated carbocycles. The number of urea groups is 1. The minimum absolute atomic E-state index is 0.0232. The molecule has 2 amide bonds. The lowest BCUT2D eigenvalue weighted by Crippen LogP contribution is -2.35. The van der Waals surface area contributed by atoms with Crippen molar-refractivity contribution in [3.8, 4) is 11.5 Å². The van der Waals surface area contributed by atoms with E-state index in [0.717, 1.165) is 18.4 Å². The van der Waals surface area contributed by atoms with E-state index in [4.69, 9.17) is 4.74 Å². The van der Waals surface area contributed by atoms with Crippen molar-refractivity contribution in [2.24, 2.45) is 0 Å². The molecule has 2 N–H and O–H groups in total. The Labute approximate surface area is 179 Å². The van der Waals surface area contributed by atoms with Gasteiger partial charge in [0.25, 0.3) is 0 Å². The van der Waals surface area contributed by atoms with Gasteiger partial charge in [0.05, 0.1) is 17.5 Å². The number of hydrogen-bond donors (Lipinski definition) is 2. The predicted octanol–water partition coefficient (Wildman–Crippen LogP) is 4.29. The molecule has 0 atom stereocenters. The summed E-state index contributed by atoms with van der Waals surface area (Å²) in [6.07, 6.45) is -3.32. The molecule has 0 aliphatic carbocycles. The van der Waals surface area contributed by atoms with Gasteiger partial charge in [0.15, 0.2) is 0 Å². The number of halogens is 3. The highest BCUT2D eigenvalue weighted by molar-refractivity contribution is 7.88. The predicted molar refractivity (Wildman–Crippen MR) is 112 cm³/mol. The van der Waals surface area contributed by atoms with E-state index in [0.29, 0.717) is 12.2 Å². The van der Waals surface area contributed by atoms with Crippen LogP contribution < -0.4 is 15.4 Å². The number of alkyl halides is 3. The Morgan fingerprint density at radius 3 is 2.35 bits per heavy atom. The summed E-state index contributed by atoms with van der Waals surface area (Å²) in [5, 5.41) is 4.61. The molecule has 0 bridgehead atoms. The van der Waals surface area contributed by atoms with Crippen molar-refractivity contribution in [1.82, 2.24) is 9.62 Å². The number of carbonyl (C=O) groups excluding carboxylic acids is 1. The van der Waals surface area contributed by atoms with Crippen LogP contribution in [0.25, 0.3) is 0 Å². The topological polar surface area (TPSA) is 87.7 Å². The molecule has 0 heterocycles. The monoisotopic (exact) mass is 459 g/mol. The summed E-state index contributed by atoms with van der Waals surface area (Å²) in [4.78, 5) is 12.0. The summed E-state index contributed by atoms with van der Waals surface area (Å²) < 4.78 is 70.1. The Morgan fingerprint density at radius 1 is 1.10 bits per heavy atom. The molecule has 2 rings (SSSR count). The Hall–Kier alpha value is -2.79. The van der Waals surface area contributed by atoms with Crippen LogP contribution in [0, 0.1) is 0 Å². The van der Waals surface area contributed by atoms with E-state index in [1.54, 1.807) is 37.3 Å². The van der Waals surface area contributed by atoms with E-state index in [9.17, 15) is 26.4 Å². The number of ether oxygens (including phenoxy) is 1. The fourth-order valence-corrected chi connectivity index (χ4v) is 3.67. The summed E-state index contributed by atoms with van der Waals surface area (Å²) in [5.41, 5.74) is -1.47. The standard InChI is InChI=1S/C20H24F3N3O4S/c1-3-26(31(2,28)29)13-7-12-24-19(27)25-18-11-10-16(14-17(18)20(21,22)23)30-15-8-5-4-6-9-15/h4-6,8-11,14H,3,7,12-13H2,1-2H3,(H2,24,25,27). The van der Waals surface area contributed by atoms with E-state index in [1.807, 2.05) is 0 Å². The van der Waals surface area contributed by atoms with Crippen molar-refractivity contribution < 1.29 is 31.1 Å². The van der Waals surface area contributed by atoms with Crippen molar-refractivity contribution in [2.75, 3.05) is 31.2 Å². The summed E-state index contributed by atoms with van der Waals surface area (Å²) in [5.74, 6) is 0.356. The second-order valence-electron chi connectivity index (χ2n) is 6.61. The van der Waals surface area contributed by atoms with Gasteiger partial charge in [-0.15, -0.1) is 0 Å². The third kappa shape index (κ3) is 7.76. The maximum absolute atomic E-state index is 13.5. The SMILES string of the molecule is CCN(CCCNC(=O)Nc1ccc(Oc2ccccc2)cc1C(F)(F)F)S(C)(=O)=O. The molecule has 7 nitrogen and oxygen atoms in total. The van der Waals surface area contributed by atoms with Crippen LogP contribution in [0.5, 0.6) is 11.5 Å². The van der Waals surface area contributed by atoms with Crippen LogP contribution in [0.2, 0.25) is 0 Å². The van der Waals surface area contributed by atoms with Crippen molar-refractivity contribution in [3.05, 3.63) is 54.1 Å². The molecule has 11 heteroatoms. The van der Waals surface area contributed by atoms with Crippen molar-refractivity contribution >= 4 is 21.7 Å². The molecule has 0 saturated heterocycles. The molecule has 170 valence electrons. The smallest absolute Gasteiger partial charge is 0.418 e. The quantitative estimate of drug-likeness (QED) is 0.548. The van der Waals surface area contributed by atoms with Gasteiger partial charge in [-0.2, -0.15) is 13.2 Å². The number of nitrogens with zero attached hydrogens (tertiary/aromatic N) is 1. The van der Waals surface area contributed by atoms with Crippen molar-refractivity contribution in [1.29, 1.82) is 0 Å². The molecule has 2 aromatic carbocycles. The van der Waals surface area contributed by atoms with Crippen LogP contribution >= 0.6 is 0 Å². The zero-order valence-corrected chi connectivity index (χ0v) is 17.9. The number of hydrogen-bond acceptors (Lipinski definition) is 4. The van der Waals surface area contributed by atoms with E-state index in [2.05, 4.69) is 10.6 Å². The first-order valence-electron chi connectivity index (χ1n) is 9.45. The average molecular weight is 459 g/mol. The molecule has 0 aromatic heterocycles. The molecule has 31 heavy (non-hydrogen) atoms. The third-order valence-corrected chi connectivity index (χ3v) is 5.59. The lowest BCUT2D eigenvalue weighted by molar-refractivity contribution is -0.137. The van der Waals surface area contributed by atoms with Gasteiger partial charge < -0.3 is 15.4 Å². The second kappa shape index (κ2) is 10.5. The molecular weight excluding hydrogens is 435 g/mol. The zero-order chi connectivity index (χ0) is 23.1. The number of benzene rings is 2. The highest BCUT2D eigenvalue weighted by atomic mass is 32.2. The van der Waals surface area contributed by atoms with Crippen LogP contribution in [0.1, 0.15) is 18.9 Å². The Morgan fingerprint density at radius 2 is 1.77 bits per heavy atom. The molecule has 0 fully saturated rings. The molecule has 0 aliphatic heterocycles. The van der Waals surface area contributed by atoms with Crippen LogP contribution in [0.4, 0.5) is 23.7 Å². The van der Waals surface area contributed by atoms with Crippen molar-refractivity contribution in [3.63, 3.8) is 0 Å². The molecule has 0 aliphatic rings. The fraction of sp³-hybridized carbons (Fsp3) is 0.350. The van der Waals surface area contributed by atoms with Crippen LogP contribution in [0.3, 0.4) is 0 Å². The number of carbonyl (C=O) groups is 1. The number of rotatable bonds is 9. The zero-order valence-electron chi connectivity index (χ0n) is 17.1. The number of amides is 2. The fourth-order valence-electron chi connectivity index (χ4n) is 2.74. The molecule has 0 unspecified atom stereocenters. The van der Waals surface area contributed by atoms with E-state index < -0.39 is 33.5 Å². The minimum atomic E-state index is -4.71. The second-order valence-corrected chi connectivity index (χ2v) is 8.59. The summed E-state index contributed by atoms with van der Waals surface area (Å²) >= 11 is 0. The highest BCUT2D eigenvalue weighted by Gasteiger charge is 2.34. The van der Waals surface area contributed by atoms with E-state index >= 15 is 0 Å². The normalized spacial score (nSPS) is 11.9. The Balaban J connectivity index is 2.00. The van der Waals surface area contributed by atoms with Gasteiger partial charge in [-0.3, -0.25) is 0 Å². The lowest BCUT2D eigenvalue weighted by atomic mass is 10.1. The number of nitrogens with one attached hydrogen (secondary N) is 2. The number of sulfonamides is 1. The number of anilines is 1. The highest BCUT2D eigenvalue weighted by Crippen LogP contribution is 2.38. The van der Waals surface area contributed by atoms with Gasteiger partial charge in [-0.1, -0.05) is 25.1 Å². The van der Waals surface area contributed by atoms with Gasteiger partial charge in [0.2, 0.25) is 10.0 Å². The maximum atomic E-state index is 13.5. The van der Waals surface area contributed by atoms with E-state index in [1.165, 1.54) is 10.4 Å². The molecule has 0 radical (unpaired) electrons. The minimum Gasteiger partial charge on any atom is -0.457 e. The van der Waals surface area contributed by atoms with Gasteiger partial charge in [0.1, 0.15) is 11.5 Å². The molecule has 2 aromatic rings. The summed E-state index contributed by atoms with van der Waals surface area (Å²) in [6.45, 7) is 2.26. The van der Waals surface area contributed by atoms with Gasteiger partial charge in [-0.05, 0) is 36.8 Å². The van der Waals surface area contributed by atoms with Gasteiger partial charge in [-0.25, -0.2) is 17.5 Å². The van der Waals surface area contributed by atoms with Crippen LogP contribution in [-0.4, -0.2) is 44.6 Å². The summed E-state index contributed by atoms with van der Waals surface area (Å²) in [7, 11) is -3.34. The van der Waals surface area contributed by atoms with Crippen molar-refractivity contribution in [2.45, 2.75) is 19.5 Å². The maximum Gasteiger partial charge on any atom is 0.418 e. The lowest BCUT2D eigenvalue weighted by Gasteiger charge is -2.18.